The van der Waals surface area contributed by atoms with Crippen LogP contribution >= 0.6 is 23.2 Å². The molecule has 0 unspecified atom stereocenters. The summed E-state index contributed by atoms with van der Waals surface area (Å²) in [6.45, 7) is 4.15. The molecule has 0 aliphatic rings. The van der Waals surface area contributed by atoms with E-state index in [4.69, 9.17) is 23.2 Å². The Balaban J connectivity index is 2.26. The van der Waals surface area contributed by atoms with E-state index in [1.807, 2.05) is 16.8 Å². The van der Waals surface area contributed by atoms with Gasteiger partial charge in [0.1, 0.15) is 0 Å². The van der Waals surface area contributed by atoms with Gasteiger partial charge in [-0.05, 0) is 31.5 Å². The van der Waals surface area contributed by atoms with Crippen molar-refractivity contribution < 1.29 is 0 Å². The highest BCUT2D eigenvalue weighted by Gasteiger charge is 2.10. The maximum Gasteiger partial charge on any atom is 0.156 e. The predicted molar refractivity (Wildman–Crippen MR) is 80.1 cm³/mol. The highest BCUT2D eigenvalue weighted by Crippen LogP contribution is 2.28. The zero-order valence-corrected chi connectivity index (χ0v) is 12.1. The van der Waals surface area contributed by atoms with Gasteiger partial charge in [-0.1, -0.05) is 40.9 Å². The molecule has 2 nitrogen and oxygen atoms in total. The molecule has 2 heterocycles. The van der Waals surface area contributed by atoms with Gasteiger partial charge in [0.05, 0.1) is 15.7 Å². The van der Waals surface area contributed by atoms with Crippen molar-refractivity contribution in [3.05, 3.63) is 57.8 Å². The van der Waals surface area contributed by atoms with Gasteiger partial charge in [0.15, 0.2) is 5.65 Å². The van der Waals surface area contributed by atoms with Gasteiger partial charge >= 0.3 is 0 Å². The molecule has 0 amide bonds. The van der Waals surface area contributed by atoms with Crippen molar-refractivity contribution in [2.45, 2.75) is 13.8 Å². The van der Waals surface area contributed by atoms with E-state index < -0.39 is 0 Å². The molecule has 0 aliphatic heterocycles. The number of benzene rings is 1. The Kier molecular flexibility index (Phi) is 3.00. The summed E-state index contributed by atoms with van der Waals surface area (Å²) in [6, 6.07) is 8.03. The van der Waals surface area contributed by atoms with Gasteiger partial charge in [-0.2, -0.15) is 0 Å². The van der Waals surface area contributed by atoms with Crippen molar-refractivity contribution in [3.8, 4) is 11.3 Å². The fraction of sp³-hybridized carbons (Fsp3) is 0.133. The fourth-order valence-electron chi connectivity index (χ4n) is 2.17. The number of imidazole rings is 1. The van der Waals surface area contributed by atoms with E-state index in [1.165, 1.54) is 11.1 Å². The third-order valence-electron chi connectivity index (χ3n) is 3.14. The largest absolute Gasteiger partial charge is 0.304 e. The maximum absolute atomic E-state index is 6.17. The molecule has 0 saturated carbocycles. The number of pyridine rings is 1. The van der Waals surface area contributed by atoms with Crippen LogP contribution in [0.1, 0.15) is 11.1 Å². The predicted octanol–water partition coefficient (Wildman–Crippen LogP) is 4.92. The van der Waals surface area contributed by atoms with Crippen LogP contribution in [0, 0.1) is 13.8 Å². The van der Waals surface area contributed by atoms with Crippen molar-refractivity contribution in [2.24, 2.45) is 0 Å². The van der Waals surface area contributed by atoms with Crippen molar-refractivity contribution in [3.63, 3.8) is 0 Å². The van der Waals surface area contributed by atoms with Gasteiger partial charge in [-0.25, -0.2) is 4.98 Å². The molecule has 0 aliphatic carbocycles. The zero-order chi connectivity index (χ0) is 13.6. The van der Waals surface area contributed by atoms with Gasteiger partial charge in [0.2, 0.25) is 0 Å². The quantitative estimate of drug-likeness (QED) is 0.621. The van der Waals surface area contributed by atoms with Crippen LogP contribution in [0.15, 0.2) is 36.7 Å². The lowest BCUT2D eigenvalue weighted by Gasteiger charge is -2.03. The number of aromatic nitrogens is 2. The van der Waals surface area contributed by atoms with E-state index >= 15 is 0 Å². The summed E-state index contributed by atoms with van der Waals surface area (Å²) in [5.74, 6) is 0. The summed E-state index contributed by atoms with van der Waals surface area (Å²) < 4.78 is 1.86. The molecule has 0 radical (unpaired) electrons. The Morgan fingerprint density at radius 1 is 1.05 bits per heavy atom. The van der Waals surface area contributed by atoms with Crippen LogP contribution in [0.4, 0.5) is 0 Å². The summed E-state index contributed by atoms with van der Waals surface area (Å²) in [5, 5.41) is 1.16. The molecule has 0 N–H and O–H groups in total. The van der Waals surface area contributed by atoms with Gasteiger partial charge in [0, 0.05) is 18.0 Å². The van der Waals surface area contributed by atoms with E-state index in [2.05, 4.69) is 37.0 Å². The minimum absolute atomic E-state index is 0.559. The summed E-state index contributed by atoms with van der Waals surface area (Å²) >= 11 is 12.2. The maximum atomic E-state index is 6.17. The van der Waals surface area contributed by atoms with Crippen LogP contribution in [-0.2, 0) is 0 Å². The minimum atomic E-state index is 0.559. The second-order valence-electron chi connectivity index (χ2n) is 4.68. The molecule has 0 atom stereocenters. The Morgan fingerprint density at radius 3 is 2.63 bits per heavy atom. The smallest absolute Gasteiger partial charge is 0.156 e. The highest BCUT2D eigenvalue weighted by molar-refractivity contribution is 6.36. The summed E-state index contributed by atoms with van der Waals surface area (Å²) in [5.41, 5.74) is 5.15. The molecule has 2 aromatic heterocycles. The Hall–Kier alpha value is -1.51. The van der Waals surface area contributed by atoms with Crippen LogP contribution in [-0.4, -0.2) is 9.38 Å². The van der Waals surface area contributed by atoms with Gasteiger partial charge in [-0.3, -0.25) is 0 Å². The van der Waals surface area contributed by atoms with Crippen molar-refractivity contribution in [1.82, 2.24) is 9.38 Å². The van der Waals surface area contributed by atoms with Crippen LogP contribution in [0.5, 0.6) is 0 Å². The first-order valence-electron chi connectivity index (χ1n) is 5.96. The molecular formula is C15H12Cl2N2. The lowest BCUT2D eigenvalue weighted by atomic mass is 10.0. The van der Waals surface area contributed by atoms with E-state index in [0.29, 0.717) is 10.0 Å². The van der Waals surface area contributed by atoms with Crippen LogP contribution < -0.4 is 0 Å². The molecule has 19 heavy (non-hydrogen) atoms. The van der Waals surface area contributed by atoms with Crippen molar-refractivity contribution in [2.75, 3.05) is 0 Å². The second-order valence-corrected chi connectivity index (χ2v) is 5.53. The van der Waals surface area contributed by atoms with Crippen molar-refractivity contribution >= 4 is 28.8 Å². The molecule has 0 saturated heterocycles. The lowest BCUT2D eigenvalue weighted by molar-refractivity contribution is 1.19. The van der Waals surface area contributed by atoms with Crippen LogP contribution in [0.3, 0.4) is 0 Å². The van der Waals surface area contributed by atoms with Crippen molar-refractivity contribution in [1.29, 1.82) is 0 Å². The van der Waals surface area contributed by atoms with E-state index in [-0.39, 0.29) is 0 Å². The zero-order valence-electron chi connectivity index (χ0n) is 10.6. The number of hydrogen-bond acceptors (Lipinski definition) is 1. The normalized spacial score (nSPS) is 11.2. The molecular weight excluding hydrogens is 279 g/mol. The van der Waals surface area contributed by atoms with E-state index in [9.17, 15) is 0 Å². The third kappa shape index (κ3) is 2.22. The number of aryl methyl sites for hydroxylation is 2. The molecule has 0 fully saturated rings. The van der Waals surface area contributed by atoms with Crippen LogP contribution in [0.2, 0.25) is 10.0 Å². The SMILES string of the molecule is Cc1ccc(C)c(-c2cn3cc(Cl)cc(Cl)c3n2)c1. The molecule has 0 spiro atoms. The average Bonchev–Trinajstić information content (AvgIpc) is 2.76. The number of rotatable bonds is 1. The van der Waals surface area contributed by atoms with Gasteiger partial charge in [-0.15, -0.1) is 0 Å². The van der Waals surface area contributed by atoms with Gasteiger partial charge in [0.25, 0.3) is 0 Å². The first-order valence-corrected chi connectivity index (χ1v) is 6.71. The molecule has 4 heteroatoms. The molecule has 0 bridgehead atoms. The summed E-state index contributed by atoms with van der Waals surface area (Å²) in [6.07, 6.45) is 3.76. The van der Waals surface area contributed by atoms with E-state index in [1.54, 1.807) is 6.07 Å². The third-order valence-corrected chi connectivity index (χ3v) is 3.63. The first-order chi connectivity index (χ1) is 9.04. The second kappa shape index (κ2) is 4.55. The number of hydrogen-bond donors (Lipinski definition) is 0. The average molecular weight is 291 g/mol. The van der Waals surface area contributed by atoms with E-state index in [0.717, 1.165) is 16.9 Å². The standard InChI is InChI=1S/C15H12Cl2N2/c1-9-3-4-10(2)12(5-9)14-8-19-7-11(16)6-13(17)15(19)18-14/h3-8H,1-2H3. The number of halogens is 2. The molecule has 1 aromatic carbocycles. The Labute approximate surface area is 121 Å². The minimum Gasteiger partial charge on any atom is -0.304 e. The Morgan fingerprint density at radius 2 is 1.84 bits per heavy atom. The number of nitrogens with zero attached hydrogens (tertiary/aromatic N) is 2. The summed E-state index contributed by atoms with van der Waals surface area (Å²) in [7, 11) is 0. The first kappa shape index (κ1) is 12.5. The topological polar surface area (TPSA) is 17.3 Å². The molecule has 3 aromatic rings. The highest BCUT2D eigenvalue weighted by atomic mass is 35.5. The van der Waals surface area contributed by atoms with Crippen LogP contribution in [0.25, 0.3) is 16.9 Å². The monoisotopic (exact) mass is 290 g/mol. The molecule has 3 rings (SSSR count). The Bertz CT molecular complexity index is 775. The number of fused-ring (bicyclic) bond motifs is 1. The summed E-state index contributed by atoms with van der Waals surface area (Å²) in [4.78, 5) is 4.60. The van der Waals surface area contributed by atoms with Gasteiger partial charge < -0.3 is 4.40 Å². The lowest BCUT2D eigenvalue weighted by Crippen LogP contribution is -1.84. The fourth-order valence-corrected chi connectivity index (χ4v) is 2.69. The molecule has 96 valence electrons.